The summed E-state index contributed by atoms with van der Waals surface area (Å²) in [6.07, 6.45) is 4.02. The van der Waals surface area contributed by atoms with Gasteiger partial charge in [-0.3, -0.25) is 4.79 Å². The van der Waals surface area contributed by atoms with E-state index in [0.29, 0.717) is 31.5 Å². The largest absolute Gasteiger partial charge is 0.481 e. The summed E-state index contributed by atoms with van der Waals surface area (Å²) in [5, 5.41) is 18.9. The van der Waals surface area contributed by atoms with Gasteiger partial charge in [-0.15, -0.1) is 0 Å². The van der Waals surface area contributed by atoms with Crippen molar-refractivity contribution < 1.29 is 14.7 Å². The first-order chi connectivity index (χ1) is 12.1. The van der Waals surface area contributed by atoms with Crippen LogP contribution in [-0.4, -0.2) is 37.9 Å². The van der Waals surface area contributed by atoms with E-state index in [1.54, 1.807) is 4.68 Å². The summed E-state index contributed by atoms with van der Waals surface area (Å²) in [7, 11) is 0. The van der Waals surface area contributed by atoms with E-state index in [1.807, 2.05) is 30.3 Å². The highest BCUT2D eigenvalue weighted by Crippen LogP contribution is 2.24. The predicted molar refractivity (Wildman–Crippen MR) is 90.1 cm³/mol. The molecule has 1 aliphatic carbocycles. The lowest BCUT2D eigenvalue weighted by Crippen LogP contribution is -2.44. The highest BCUT2D eigenvalue weighted by Gasteiger charge is 2.26. The number of para-hydroxylation sites is 1. The van der Waals surface area contributed by atoms with E-state index in [0.717, 1.165) is 5.69 Å². The van der Waals surface area contributed by atoms with Crippen LogP contribution in [0.1, 0.15) is 31.5 Å². The lowest BCUT2D eigenvalue weighted by molar-refractivity contribution is -0.142. The monoisotopic (exact) mass is 343 g/mol. The molecule has 132 valence electrons. The van der Waals surface area contributed by atoms with Crippen molar-refractivity contribution in [1.82, 2.24) is 25.4 Å². The minimum absolute atomic E-state index is 0.0163. The first-order valence-electron chi connectivity index (χ1n) is 8.35. The van der Waals surface area contributed by atoms with Crippen molar-refractivity contribution in [3.8, 4) is 5.69 Å². The van der Waals surface area contributed by atoms with Gasteiger partial charge in [0.25, 0.3) is 0 Å². The zero-order valence-electron chi connectivity index (χ0n) is 13.8. The second-order valence-corrected chi connectivity index (χ2v) is 6.14. The van der Waals surface area contributed by atoms with Gasteiger partial charge in [-0.25, -0.2) is 14.5 Å². The number of hydrogen-bond acceptors (Lipinski definition) is 4. The molecule has 25 heavy (non-hydrogen) atoms. The first kappa shape index (κ1) is 16.9. The third kappa shape index (κ3) is 4.34. The van der Waals surface area contributed by atoms with Crippen molar-refractivity contribution in [2.75, 3.05) is 0 Å². The maximum Gasteiger partial charge on any atom is 0.315 e. The molecule has 1 aromatic carbocycles. The Labute approximate surface area is 145 Å². The van der Waals surface area contributed by atoms with Gasteiger partial charge in [0.15, 0.2) is 5.82 Å². The zero-order chi connectivity index (χ0) is 17.6. The maximum atomic E-state index is 12.1. The van der Waals surface area contributed by atoms with Gasteiger partial charge in [0.1, 0.15) is 6.33 Å². The molecule has 0 atom stereocenters. The van der Waals surface area contributed by atoms with E-state index in [1.165, 1.54) is 6.33 Å². The van der Waals surface area contributed by atoms with E-state index >= 15 is 0 Å². The van der Waals surface area contributed by atoms with Crippen molar-refractivity contribution in [3.05, 3.63) is 42.5 Å². The van der Waals surface area contributed by atoms with Gasteiger partial charge >= 0.3 is 12.0 Å². The molecule has 2 amide bonds. The number of aromatic nitrogens is 3. The average Bonchev–Trinajstić information content (AvgIpc) is 3.10. The molecule has 3 rings (SSSR count). The Balaban J connectivity index is 1.49. The molecule has 0 unspecified atom stereocenters. The molecule has 1 heterocycles. The van der Waals surface area contributed by atoms with Gasteiger partial charge in [0, 0.05) is 6.04 Å². The molecule has 3 N–H and O–H groups in total. The number of amides is 2. The molecule has 1 fully saturated rings. The van der Waals surface area contributed by atoms with Crippen LogP contribution in [0.4, 0.5) is 4.79 Å². The normalized spacial score (nSPS) is 20.0. The van der Waals surface area contributed by atoms with E-state index < -0.39 is 5.97 Å². The van der Waals surface area contributed by atoms with Crippen LogP contribution in [0, 0.1) is 5.92 Å². The van der Waals surface area contributed by atoms with Gasteiger partial charge in [-0.05, 0) is 37.8 Å². The van der Waals surface area contributed by atoms with E-state index in [2.05, 4.69) is 20.7 Å². The second-order valence-electron chi connectivity index (χ2n) is 6.14. The SMILES string of the molecule is O=C(NCc1ncnn1-c1ccccc1)NC1CCC(C(=O)O)CC1. The molecule has 2 aromatic rings. The molecule has 8 nitrogen and oxygen atoms in total. The second kappa shape index (κ2) is 7.78. The Bertz CT molecular complexity index is 723. The number of urea groups is 1. The van der Waals surface area contributed by atoms with Crippen LogP contribution in [0.2, 0.25) is 0 Å². The number of benzene rings is 1. The number of aliphatic carboxylic acids is 1. The molecule has 1 aliphatic rings. The van der Waals surface area contributed by atoms with Crippen molar-refractivity contribution >= 4 is 12.0 Å². The molecule has 8 heteroatoms. The molecule has 0 saturated heterocycles. The zero-order valence-corrected chi connectivity index (χ0v) is 13.8. The Hall–Kier alpha value is -2.90. The summed E-state index contributed by atoms with van der Waals surface area (Å²) >= 11 is 0. The lowest BCUT2D eigenvalue weighted by atomic mass is 9.86. The summed E-state index contributed by atoms with van der Waals surface area (Å²) < 4.78 is 1.68. The standard InChI is InChI=1S/C17H21N5O3/c23-16(24)12-6-8-13(9-7-12)21-17(25)18-10-15-19-11-20-22(15)14-4-2-1-3-5-14/h1-5,11-13H,6-10H2,(H,23,24)(H2,18,21,25). The molecule has 0 spiro atoms. The predicted octanol–water partition coefficient (Wildman–Crippen LogP) is 1.71. The molecular formula is C17H21N5O3. The number of carbonyl (C=O) groups is 2. The molecule has 1 aromatic heterocycles. The van der Waals surface area contributed by atoms with Crippen LogP contribution in [0.5, 0.6) is 0 Å². The van der Waals surface area contributed by atoms with Crippen LogP contribution in [0.3, 0.4) is 0 Å². The lowest BCUT2D eigenvalue weighted by Gasteiger charge is -2.26. The van der Waals surface area contributed by atoms with Crippen molar-refractivity contribution in [1.29, 1.82) is 0 Å². The van der Waals surface area contributed by atoms with Gasteiger partial charge in [0.2, 0.25) is 0 Å². The van der Waals surface area contributed by atoms with Crippen LogP contribution in [-0.2, 0) is 11.3 Å². The van der Waals surface area contributed by atoms with Crippen LogP contribution in [0.25, 0.3) is 5.69 Å². The minimum atomic E-state index is -0.747. The number of carboxylic acid groups (broad SMARTS) is 1. The fraction of sp³-hybridized carbons (Fsp3) is 0.412. The Kier molecular flexibility index (Phi) is 5.27. The molecule has 0 bridgehead atoms. The number of rotatable bonds is 5. The maximum absolute atomic E-state index is 12.1. The third-order valence-electron chi connectivity index (χ3n) is 4.44. The van der Waals surface area contributed by atoms with Crippen molar-refractivity contribution in [3.63, 3.8) is 0 Å². The number of nitrogens with zero attached hydrogens (tertiary/aromatic N) is 3. The quantitative estimate of drug-likeness (QED) is 0.766. The Morgan fingerprint density at radius 1 is 1.16 bits per heavy atom. The molecule has 0 radical (unpaired) electrons. The van der Waals surface area contributed by atoms with Gasteiger partial charge in [0.05, 0.1) is 18.2 Å². The summed E-state index contributed by atoms with van der Waals surface area (Å²) in [6, 6.07) is 9.32. The highest BCUT2D eigenvalue weighted by molar-refractivity contribution is 5.74. The number of carboxylic acids is 1. The van der Waals surface area contributed by atoms with Crippen LogP contribution >= 0.6 is 0 Å². The Morgan fingerprint density at radius 3 is 2.56 bits per heavy atom. The fourth-order valence-electron chi connectivity index (χ4n) is 3.05. The number of nitrogens with one attached hydrogen (secondary N) is 2. The minimum Gasteiger partial charge on any atom is -0.481 e. The van der Waals surface area contributed by atoms with Crippen LogP contribution < -0.4 is 10.6 Å². The smallest absolute Gasteiger partial charge is 0.315 e. The van der Waals surface area contributed by atoms with Gasteiger partial charge < -0.3 is 15.7 Å². The van der Waals surface area contributed by atoms with E-state index in [-0.39, 0.29) is 24.5 Å². The van der Waals surface area contributed by atoms with Gasteiger partial charge in [-0.1, -0.05) is 18.2 Å². The molecular weight excluding hydrogens is 322 g/mol. The van der Waals surface area contributed by atoms with Crippen LogP contribution in [0.15, 0.2) is 36.7 Å². The van der Waals surface area contributed by atoms with Crippen molar-refractivity contribution in [2.45, 2.75) is 38.3 Å². The average molecular weight is 343 g/mol. The van der Waals surface area contributed by atoms with Crippen molar-refractivity contribution in [2.24, 2.45) is 5.92 Å². The third-order valence-corrected chi connectivity index (χ3v) is 4.44. The fourth-order valence-corrected chi connectivity index (χ4v) is 3.05. The molecule has 0 aliphatic heterocycles. The topological polar surface area (TPSA) is 109 Å². The summed E-state index contributed by atoms with van der Waals surface area (Å²) in [5.41, 5.74) is 0.879. The molecule has 1 saturated carbocycles. The number of carbonyl (C=O) groups excluding carboxylic acids is 1. The van der Waals surface area contributed by atoms with E-state index in [9.17, 15) is 9.59 Å². The van der Waals surface area contributed by atoms with E-state index in [4.69, 9.17) is 5.11 Å². The number of hydrogen-bond donors (Lipinski definition) is 3. The Morgan fingerprint density at radius 2 is 1.88 bits per heavy atom. The summed E-state index contributed by atoms with van der Waals surface area (Å²) in [5.74, 6) is -0.398. The first-order valence-corrected chi connectivity index (χ1v) is 8.35. The highest BCUT2D eigenvalue weighted by atomic mass is 16.4. The summed E-state index contributed by atoms with van der Waals surface area (Å²) in [4.78, 5) is 27.2. The van der Waals surface area contributed by atoms with Gasteiger partial charge in [-0.2, -0.15) is 5.10 Å². The summed E-state index contributed by atoms with van der Waals surface area (Å²) in [6.45, 7) is 0.255.